The summed E-state index contributed by atoms with van der Waals surface area (Å²) in [5.74, 6) is -4.97. The van der Waals surface area contributed by atoms with Gasteiger partial charge in [0.25, 0.3) is 15.9 Å². The van der Waals surface area contributed by atoms with Crippen molar-refractivity contribution in [1.29, 1.82) is 0 Å². The topological polar surface area (TPSA) is 126 Å². The maximum Gasteiger partial charge on any atom is 0.262 e. The quantitative estimate of drug-likeness (QED) is 0.425. The van der Waals surface area contributed by atoms with Crippen LogP contribution in [0.3, 0.4) is 0 Å². The molecule has 3 rings (SSSR count). The molecule has 1 aromatic heterocycles. The van der Waals surface area contributed by atoms with E-state index in [2.05, 4.69) is 15.6 Å². The molecule has 0 aliphatic heterocycles. The predicted molar refractivity (Wildman–Crippen MR) is 112 cm³/mol. The standard InChI is InChI=1S/C20H15F3N4O5S/c1-32-16-6-3-12(8-14(16)22)33(30,31)27-15-5-4-13(21)18(19(15)23)20(29)26-11-2-7-17(24-9-11)25-10-28/h2-10,27H,1H3,(H,26,29)(H,24,25,28). The minimum atomic E-state index is -4.49. The number of nitrogens with zero attached hydrogens (tertiary/aromatic N) is 1. The van der Waals surface area contributed by atoms with Crippen LogP contribution < -0.4 is 20.1 Å². The molecule has 0 fully saturated rings. The first-order valence-electron chi connectivity index (χ1n) is 8.98. The van der Waals surface area contributed by atoms with Crippen LogP contribution in [-0.2, 0) is 14.8 Å². The molecular weight excluding hydrogens is 465 g/mol. The van der Waals surface area contributed by atoms with Gasteiger partial charge in [-0.3, -0.25) is 14.3 Å². The smallest absolute Gasteiger partial charge is 0.262 e. The van der Waals surface area contributed by atoms with E-state index in [-0.39, 0.29) is 17.3 Å². The maximum absolute atomic E-state index is 14.9. The summed E-state index contributed by atoms with van der Waals surface area (Å²) in [7, 11) is -3.30. The Bertz CT molecular complexity index is 1320. The summed E-state index contributed by atoms with van der Waals surface area (Å²) in [6, 6.07) is 6.86. The molecule has 3 N–H and O–H groups in total. The molecule has 172 valence electrons. The number of ether oxygens (including phenoxy) is 1. The number of anilines is 3. The second kappa shape index (κ2) is 9.56. The van der Waals surface area contributed by atoms with Crippen molar-refractivity contribution in [3.05, 3.63) is 71.7 Å². The Morgan fingerprint density at radius 2 is 1.82 bits per heavy atom. The van der Waals surface area contributed by atoms with E-state index in [1.807, 2.05) is 4.72 Å². The van der Waals surface area contributed by atoms with Gasteiger partial charge in [0.05, 0.1) is 29.6 Å². The molecule has 0 bridgehead atoms. The van der Waals surface area contributed by atoms with Gasteiger partial charge in [0.1, 0.15) is 17.2 Å². The normalized spacial score (nSPS) is 10.9. The molecule has 0 saturated carbocycles. The zero-order valence-corrected chi connectivity index (χ0v) is 17.5. The largest absolute Gasteiger partial charge is 0.494 e. The molecule has 3 aromatic rings. The van der Waals surface area contributed by atoms with Crippen molar-refractivity contribution in [3.63, 3.8) is 0 Å². The van der Waals surface area contributed by atoms with Crippen LogP contribution in [0.5, 0.6) is 5.75 Å². The van der Waals surface area contributed by atoms with Crippen molar-refractivity contribution in [2.75, 3.05) is 22.5 Å². The zero-order chi connectivity index (χ0) is 24.2. The van der Waals surface area contributed by atoms with Crippen molar-refractivity contribution in [3.8, 4) is 5.75 Å². The molecule has 2 aromatic carbocycles. The number of benzene rings is 2. The number of rotatable bonds is 8. The number of aromatic nitrogens is 1. The monoisotopic (exact) mass is 480 g/mol. The van der Waals surface area contributed by atoms with Crippen LogP contribution in [0.2, 0.25) is 0 Å². The third-order valence-corrected chi connectivity index (χ3v) is 5.59. The highest BCUT2D eigenvalue weighted by molar-refractivity contribution is 7.92. The number of sulfonamides is 1. The maximum atomic E-state index is 14.9. The third kappa shape index (κ3) is 5.20. The van der Waals surface area contributed by atoms with Crippen molar-refractivity contribution in [2.24, 2.45) is 0 Å². The second-order valence-electron chi connectivity index (χ2n) is 6.33. The van der Waals surface area contributed by atoms with Gasteiger partial charge >= 0.3 is 0 Å². The van der Waals surface area contributed by atoms with E-state index in [1.165, 1.54) is 19.2 Å². The zero-order valence-electron chi connectivity index (χ0n) is 16.7. The number of nitrogens with one attached hydrogen (secondary N) is 3. The minimum Gasteiger partial charge on any atom is -0.494 e. The molecule has 0 unspecified atom stereocenters. The molecule has 0 spiro atoms. The van der Waals surface area contributed by atoms with Crippen LogP contribution in [0.25, 0.3) is 0 Å². The lowest BCUT2D eigenvalue weighted by molar-refractivity contribution is -0.105. The number of amides is 2. The van der Waals surface area contributed by atoms with Gasteiger partial charge in [0.2, 0.25) is 6.41 Å². The van der Waals surface area contributed by atoms with Gasteiger partial charge in [0.15, 0.2) is 17.4 Å². The van der Waals surface area contributed by atoms with Crippen LogP contribution in [0, 0.1) is 17.5 Å². The van der Waals surface area contributed by atoms with Crippen molar-refractivity contribution >= 4 is 39.5 Å². The SMILES string of the molecule is COc1ccc(S(=O)(=O)Nc2ccc(F)c(C(=O)Nc3ccc(NC=O)nc3)c2F)cc1F. The van der Waals surface area contributed by atoms with Crippen molar-refractivity contribution in [2.45, 2.75) is 4.90 Å². The molecule has 0 radical (unpaired) electrons. The minimum absolute atomic E-state index is 0.0509. The lowest BCUT2D eigenvalue weighted by atomic mass is 10.1. The van der Waals surface area contributed by atoms with E-state index in [9.17, 15) is 31.2 Å². The molecule has 1 heterocycles. The van der Waals surface area contributed by atoms with Gasteiger partial charge in [-0.1, -0.05) is 0 Å². The number of methoxy groups -OCH3 is 1. The van der Waals surface area contributed by atoms with Gasteiger partial charge in [-0.25, -0.2) is 26.6 Å². The Hall–Kier alpha value is -4.13. The van der Waals surface area contributed by atoms with Crippen LogP contribution in [0.4, 0.5) is 30.4 Å². The van der Waals surface area contributed by atoms with E-state index in [4.69, 9.17) is 4.74 Å². The number of halogens is 3. The summed E-state index contributed by atoms with van der Waals surface area (Å²) in [6.07, 6.45) is 1.52. The Kier molecular flexibility index (Phi) is 6.82. The fourth-order valence-corrected chi connectivity index (χ4v) is 3.74. The van der Waals surface area contributed by atoms with E-state index < -0.39 is 49.5 Å². The first-order chi connectivity index (χ1) is 15.7. The van der Waals surface area contributed by atoms with Gasteiger partial charge < -0.3 is 15.4 Å². The molecule has 0 aliphatic carbocycles. The summed E-state index contributed by atoms with van der Waals surface area (Å²) in [6.45, 7) is 0. The van der Waals surface area contributed by atoms with E-state index in [0.29, 0.717) is 18.5 Å². The molecule has 9 nitrogen and oxygen atoms in total. The van der Waals surface area contributed by atoms with E-state index >= 15 is 0 Å². The third-order valence-electron chi connectivity index (χ3n) is 4.22. The molecule has 0 atom stereocenters. The summed E-state index contributed by atoms with van der Waals surface area (Å²) >= 11 is 0. The fraction of sp³-hybridized carbons (Fsp3) is 0.0500. The fourth-order valence-electron chi connectivity index (χ4n) is 2.66. The lowest BCUT2D eigenvalue weighted by Gasteiger charge is -2.13. The molecule has 0 aliphatic rings. The Balaban J connectivity index is 1.87. The highest BCUT2D eigenvalue weighted by Gasteiger charge is 2.24. The summed E-state index contributed by atoms with van der Waals surface area (Å²) < 4.78 is 74.7. The van der Waals surface area contributed by atoms with Gasteiger partial charge in [-0.15, -0.1) is 0 Å². The average molecular weight is 480 g/mol. The van der Waals surface area contributed by atoms with E-state index in [1.54, 1.807) is 0 Å². The second-order valence-corrected chi connectivity index (χ2v) is 8.02. The number of carbonyl (C=O) groups excluding carboxylic acids is 2. The van der Waals surface area contributed by atoms with Gasteiger partial charge in [0, 0.05) is 0 Å². The molecule has 13 heteroatoms. The molecule has 2 amide bonds. The lowest BCUT2D eigenvalue weighted by Crippen LogP contribution is -2.19. The van der Waals surface area contributed by atoms with Crippen LogP contribution in [0.15, 0.2) is 53.6 Å². The van der Waals surface area contributed by atoms with Gasteiger partial charge in [-0.05, 0) is 42.5 Å². The summed E-state index contributed by atoms with van der Waals surface area (Å²) in [4.78, 5) is 26.1. The summed E-state index contributed by atoms with van der Waals surface area (Å²) in [5, 5.41) is 4.48. The number of carbonyl (C=O) groups is 2. The predicted octanol–water partition coefficient (Wildman–Crippen LogP) is 3.13. The van der Waals surface area contributed by atoms with E-state index in [0.717, 1.165) is 24.4 Å². The van der Waals surface area contributed by atoms with Crippen LogP contribution in [-0.4, -0.2) is 32.8 Å². The number of hydrogen-bond donors (Lipinski definition) is 3. The number of hydrogen-bond acceptors (Lipinski definition) is 6. The molecular formula is C20H15F3N4O5S. The molecule has 33 heavy (non-hydrogen) atoms. The van der Waals surface area contributed by atoms with Gasteiger partial charge in [-0.2, -0.15) is 0 Å². The van der Waals surface area contributed by atoms with Crippen LogP contribution >= 0.6 is 0 Å². The first kappa shape index (κ1) is 23.5. The Morgan fingerprint density at radius 1 is 1.06 bits per heavy atom. The average Bonchev–Trinajstić information content (AvgIpc) is 2.77. The Labute approximate surface area is 185 Å². The highest BCUT2D eigenvalue weighted by atomic mass is 32.2. The summed E-state index contributed by atoms with van der Waals surface area (Å²) in [5.41, 5.74) is -1.75. The van der Waals surface area contributed by atoms with Crippen molar-refractivity contribution in [1.82, 2.24) is 4.98 Å². The van der Waals surface area contributed by atoms with Crippen LogP contribution in [0.1, 0.15) is 10.4 Å². The first-order valence-corrected chi connectivity index (χ1v) is 10.5. The molecule has 0 saturated heterocycles. The number of pyridine rings is 1. The van der Waals surface area contributed by atoms with Crippen molar-refractivity contribution < 1.29 is 35.9 Å². The highest BCUT2D eigenvalue weighted by Crippen LogP contribution is 2.27. The Morgan fingerprint density at radius 3 is 2.42 bits per heavy atom.